The van der Waals surface area contributed by atoms with E-state index in [4.69, 9.17) is 14.7 Å². The van der Waals surface area contributed by atoms with Crippen LogP contribution in [0.1, 0.15) is 42.5 Å². The van der Waals surface area contributed by atoms with Crippen molar-refractivity contribution in [2.45, 2.75) is 63.3 Å². The second-order valence-electron chi connectivity index (χ2n) is 10.7. The quantitative estimate of drug-likeness (QED) is 0.637. The Hall–Kier alpha value is -3.40. The van der Waals surface area contributed by atoms with Gasteiger partial charge in [-0.05, 0) is 44.8 Å². The molecule has 4 aliphatic heterocycles. The van der Waals surface area contributed by atoms with Crippen molar-refractivity contribution >= 4 is 17.8 Å². The number of anilines is 1. The number of nitrogens with zero attached hydrogens (tertiary/aromatic N) is 6. The molecule has 3 saturated heterocycles. The molecular formula is C27H34N6O4. The first-order valence-electron chi connectivity index (χ1n) is 13.3. The number of likely N-dealkylation sites (N-methyl/N-ethyl adjacent to an activating group) is 1. The molecule has 2 aromatic rings. The highest BCUT2D eigenvalue weighted by Crippen LogP contribution is 2.36. The summed E-state index contributed by atoms with van der Waals surface area (Å²) in [5.74, 6) is 0.782. The van der Waals surface area contributed by atoms with Gasteiger partial charge in [-0.3, -0.25) is 9.69 Å². The summed E-state index contributed by atoms with van der Waals surface area (Å²) in [5, 5.41) is 9.70. The van der Waals surface area contributed by atoms with Gasteiger partial charge in [0.2, 0.25) is 5.91 Å². The number of hydrogen-bond donors (Lipinski definition) is 1. The SMILES string of the molecule is CN1CCCC1COc1nc2c(c(N3C[C@H]4CC[C@@H](C3)N4C(=O)O)n1)CC(=O)N(Cc1ccccc1)C2. The summed E-state index contributed by atoms with van der Waals surface area (Å²) in [7, 11) is 2.12. The molecule has 2 bridgehead atoms. The fourth-order valence-corrected chi connectivity index (χ4v) is 6.36. The summed E-state index contributed by atoms with van der Waals surface area (Å²) in [6.45, 7) is 3.66. The molecule has 1 aromatic carbocycles. The fourth-order valence-electron chi connectivity index (χ4n) is 6.36. The monoisotopic (exact) mass is 506 g/mol. The second-order valence-corrected chi connectivity index (χ2v) is 10.7. The molecule has 6 rings (SSSR count). The largest absolute Gasteiger partial charge is 0.465 e. The summed E-state index contributed by atoms with van der Waals surface area (Å²) in [6.07, 6.45) is 3.33. The fraction of sp³-hybridized carbons (Fsp3) is 0.556. The summed E-state index contributed by atoms with van der Waals surface area (Å²) in [5.41, 5.74) is 2.75. The molecular weight excluding hydrogens is 472 g/mol. The number of likely N-dealkylation sites (tertiary alicyclic amines) is 1. The van der Waals surface area contributed by atoms with Crippen molar-refractivity contribution in [3.63, 3.8) is 0 Å². The van der Waals surface area contributed by atoms with Crippen LogP contribution in [0.15, 0.2) is 30.3 Å². The van der Waals surface area contributed by atoms with E-state index in [0.29, 0.717) is 44.8 Å². The van der Waals surface area contributed by atoms with Gasteiger partial charge in [-0.1, -0.05) is 30.3 Å². The number of amides is 2. The van der Waals surface area contributed by atoms with Crippen molar-refractivity contribution < 1.29 is 19.4 Å². The van der Waals surface area contributed by atoms with Crippen LogP contribution >= 0.6 is 0 Å². The molecule has 0 radical (unpaired) electrons. The van der Waals surface area contributed by atoms with Crippen molar-refractivity contribution in [2.75, 3.05) is 38.2 Å². The van der Waals surface area contributed by atoms with Gasteiger partial charge in [0.25, 0.3) is 0 Å². The standard InChI is InChI=1S/C27H34N6O4/c1-30-11-5-8-21(30)17-37-26-28-23-16-31(13-18-6-3-2-4-7-18)24(34)12-22(23)25(29-26)32-14-19-9-10-20(15-32)33(19)27(35)36/h2-4,6-7,19-21H,5,8-17H2,1H3,(H,35,36)/t19-,20+,21?. The van der Waals surface area contributed by atoms with Gasteiger partial charge in [-0.25, -0.2) is 4.79 Å². The van der Waals surface area contributed by atoms with Gasteiger partial charge in [0.1, 0.15) is 12.4 Å². The van der Waals surface area contributed by atoms with E-state index in [0.717, 1.165) is 54.9 Å². The molecule has 37 heavy (non-hydrogen) atoms. The van der Waals surface area contributed by atoms with Crippen molar-refractivity contribution in [3.05, 3.63) is 47.2 Å². The van der Waals surface area contributed by atoms with E-state index in [1.165, 1.54) is 0 Å². The smallest absolute Gasteiger partial charge is 0.407 e. The molecule has 196 valence electrons. The van der Waals surface area contributed by atoms with Crippen molar-refractivity contribution in [1.29, 1.82) is 0 Å². The van der Waals surface area contributed by atoms with Crippen LogP contribution in [0.5, 0.6) is 6.01 Å². The van der Waals surface area contributed by atoms with E-state index in [1.807, 2.05) is 35.2 Å². The number of aromatic nitrogens is 2. The minimum atomic E-state index is -0.853. The van der Waals surface area contributed by atoms with Gasteiger partial charge in [0.15, 0.2) is 0 Å². The third-order valence-corrected chi connectivity index (χ3v) is 8.37. The molecule has 4 aliphatic rings. The highest BCUT2D eigenvalue weighted by Gasteiger charge is 2.44. The number of piperazine rings is 1. The van der Waals surface area contributed by atoms with Crippen molar-refractivity contribution in [1.82, 2.24) is 24.7 Å². The van der Waals surface area contributed by atoms with Crippen LogP contribution in [-0.2, 0) is 24.3 Å². The zero-order valence-corrected chi connectivity index (χ0v) is 21.3. The third-order valence-electron chi connectivity index (χ3n) is 8.37. The normalized spacial score (nSPS) is 25.5. The number of carboxylic acid groups (broad SMARTS) is 1. The maximum atomic E-state index is 13.2. The van der Waals surface area contributed by atoms with Crippen molar-refractivity contribution in [3.8, 4) is 6.01 Å². The van der Waals surface area contributed by atoms with E-state index in [9.17, 15) is 14.7 Å². The van der Waals surface area contributed by atoms with E-state index in [-0.39, 0.29) is 24.4 Å². The Bertz CT molecular complexity index is 1160. The first-order chi connectivity index (χ1) is 18.0. The molecule has 2 amide bonds. The third kappa shape index (κ3) is 4.70. The summed E-state index contributed by atoms with van der Waals surface area (Å²) in [6, 6.07) is 10.5. The molecule has 5 heterocycles. The lowest BCUT2D eigenvalue weighted by Gasteiger charge is -2.41. The molecule has 0 spiro atoms. The van der Waals surface area contributed by atoms with Crippen LogP contribution in [0.2, 0.25) is 0 Å². The van der Waals surface area contributed by atoms with Crippen LogP contribution in [0.3, 0.4) is 0 Å². The molecule has 3 fully saturated rings. The van der Waals surface area contributed by atoms with Gasteiger partial charge in [-0.15, -0.1) is 0 Å². The predicted octanol–water partition coefficient (Wildman–Crippen LogP) is 2.37. The van der Waals surface area contributed by atoms with E-state index in [1.54, 1.807) is 4.90 Å². The lowest BCUT2D eigenvalue weighted by molar-refractivity contribution is -0.132. The summed E-state index contributed by atoms with van der Waals surface area (Å²) < 4.78 is 6.17. The first-order valence-corrected chi connectivity index (χ1v) is 13.3. The molecule has 1 N–H and O–H groups in total. The first kappa shape index (κ1) is 24.0. The minimum Gasteiger partial charge on any atom is -0.465 e. The number of hydrogen-bond acceptors (Lipinski definition) is 7. The van der Waals surface area contributed by atoms with Gasteiger partial charge >= 0.3 is 12.1 Å². The number of benzene rings is 1. The zero-order chi connectivity index (χ0) is 25.5. The van der Waals surface area contributed by atoms with Crippen LogP contribution in [-0.4, -0.2) is 93.2 Å². The van der Waals surface area contributed by atoms with E-state index >= 15 is 0 Å². The lowest BCUT2D eigenvalue weighted by atomic mass is 10.0. The highest BCUT2D eigenvalue weighted by atomic mass is 16.5. The molecule has 1 unspecified atom stereocenters. The van der Waals surface area contributed by atoms with E-state index < -0.39 is 6.09 Å². The Labute approximate surface area is 216 Å². The average Bonchev–Trinajstić information content (AvgIpc) is 3.42. The predicted molar refractivity (Wildman–Crippen MR) is 136 cm³/mol. The number of ether oxygens (including phenoxy) is 1. The number of carbonyl (C=O) groups excluding carboxylic acids is 1. The van der Waals surface area contributed by atoms with E-state index in [2.05, 4.69) is 16.8 Å². The van der Waals surface area contributed by atoms with Crippen molar-refractivity contribution in [2.24, 2.45) is 0 Å². The number of carbonyl (C=O) groups is 2. The molecule has 0 aliphatic carbocycles. The molecule has 0 saturated carbocycles. The second kappa shape index (κ2) is 9.81. The Morgan fingerprint density at radius 1 is 1.11 bits per heavy atom. The Balaban J connectivity index is 1.29. The molecule has 3 atom stereocenters. The van der Waals surface area contributed by atoms with Crippen LogP contribution < -0.4 is 9.64 Å². The maximum absolute atomic E-state index is 13.2. The van der Waals surface area contributed by atoms with Gasteiger partial charge in [-0.2, -0.15) is 9.97 Å². The highest BCUT2D eigenvalue weighted by molar-refractivity contribution is 5.82. The number of fused-ring (bicyclic) bond motifs is 3. The molecule has 10 heteroatoms. The Kier molecular flexibility index (Phi) is 6.36. The summed E-state index contributed by atoms with van der Waals surface area (Å²) >= 11 is 0. The average molecular weight is 507 g/mol. The van der Waals surface area contributed by atoms with Crippen LogP contribution in [0.25, 0.3) is 0 Å². The topological polar surface area (TPSA) is 102 Å². The molecule has 1 aromatic heterocycles. The van der Waals surface area contributed by atoms with Crippen LogP contribution in [0, 0.1) is 0 Å². The lowest BCUT2D eigenvalue weighted by Crippen LogP contribution is -2.56. The van der Waals surface area contributed by atoms with Crippen LogP contribution in [0.4, 0.5) is 10.6 Å². The Morgan fingerprint density at radius 3 is 2.54 bits per heavy atom. The van der Waals surface area contributed by atoms with Gasteiger partial charge in [0, 0.05) is 31.2 Å². The number of rotatable bonds is 6. The Morgan fingerprint density at radius 2 is 1.86 bits per heavy atom. The minimum absolute atomic E-state index is 0.0506. The van der Waals surface area contributed by atoms with Gasteiger partial charge < -0.3 is 24.5 Å². The molecule has 10 nitrogen and oxygen atoms in total. The maximum Gasteiger partial charge on any atom is 0.407 e. The summed E-state index contributed by atoms with van der Waals surface area (Å²) in [4.78, 5) is 42.6. The zero-order valence-electron chi connectivity index (χ0n) is 21.3. The van der Waals surface area contributed by atoms with Gasteiger partial charge in [0.05, 0.1) is 30.7 Å².